The fraction of sp³-hybridized carbons (Fsp3) is 0.528. The van der Waals surface area contributed by atoms with Crippen molar-refractivity contribution in [2.24, 2.45) is 5.92 Å². The van der Waals surface area contributed by atoms with Crippen LogP contribution in [0.1, 0.15) is 110 Å². The topological polar surface area (TPSA) is 169 Å². The lowest BCUT2D eigenvalue weighted by Crippen LogP contribution is -2.44. The molecule has 1 saturated heterocycles. The number of aryl methyl sites for hydroxylation is 2. The van der Waals surface area contributed by atoms with E-state index in [2.05, 4.69) is 42.6 Å². The highest BCUT2D eigenvalue weighted by molar-refractivity contribution is 5.96. The average molecular weight is 652 g/mol. The van der Waals surface area contributed by atoms with Crippen molar-refractivity contribution in [1.29, 1.82) is 5.26 Å². The number of hydrogen-bond acceptors (Lipinski definition) is 8. The first kappa shape index (κ1) is 33.3. The van der Waals surface area contributed by atoms with E-state index >= 15 is 0 Å². The molecular formula is C36H45N9O3. The summed E-state index contributed by atoms with van der Waals surface area (Å²) in [5, 5.41) is 34.5. The van der Waals surface area contributed by atoms with Gasteiger partial charge in [0.2, 0.25) is 5.91 Å². The third-order valence-electron chi connectivity index (χ3n) is 9.54. The van der Waals surface area contributed by atoms with Gasteiger partial charge < -0.3 is 20.9 Å². The Bertz CT molecular complexity index is 1680. The number of carbonyl (C=O) groups excluding carboxylic acids is 3. The molecule has 0 bridgehead atoms. The molecule has 3 amide bonds. The minimum atomic E-state index is -0.886. The van der Waals surface area contributed by atoms with Gasteiger partial charge in [-0.05, 0) is 143 Å². The molecule has 12 heteroatoms. The Kier molecular flexibility index (Phi) is 8.62. The number of hydrogen-bond donors (Lipinski definition) is 4. The van der Waals surface area contributed by atoms with Crippen LogP contribution >= 0.6 is 0 Å². The van der Waals surface area contributed by atoms with Crippen LogP contribution in [0.3, 0.4) is 0 Å². The number of nitriles is 1. The molecule has 2 fully saturated rings. The van der Waals surface area contributed by atoms with E-state index in [1.807, 2.05) is 77.9 Å². The Morgan fingerprint density at radius 1 is 0.938 bits per heavy atom. The first-order valence-corrected chi connectivity index (χ1v) is 16.8. The number of rotatable bonds is 8. The van der Waals surface area contributed by atoms with Crippen LogP contribution in [0.25, 0.3) is 0 Å². The largest absolute Gasteiger partial charge is 0.347 e. The van der Waals surface area contributed by atoms with Crippen molar-refractivity contribution in [2.75, 3.05) is 13.1 Å². The van der Waals surface area contributed by atoms with Crippen molar-refractivity contribution < 1.29 is 14.4 Å². The van der Waals surface area contributed by atoms with Crippen molar-refractivity contribution in [1.82, 2.24) is 41.5 Å². The molecule has 1 aliphatic heterocycles. The number of aromatic amines is 1. The van der Waals surface area contributed by atoms with Crippen LogP contribution in [0.4, 0.5) is 0 Å². The van der Waals surface area contributed by atoms with E-state index in [1.54, 1.807) is 4.90 Å². The van der Waals surface area contributed by atoms with E-state index in [0.29, 0.717) is 48.7 Å². The van der Waals surface area contributed by atoms with Gasteiger partial charge in [0.1, 0.15) is 6.04 Å². The predicted octanol–water partition coefficient (Wildman–Crippen LogP) is 3.18. The summed E-state index contributed by atoms with van der Waals surface area (Å²) < 4.78 is 0. The maximum atomic E-state index is 13.3. The van der Waals surface area contributed by atoms with Gasteiger partial charge in [-0.15, -0.1) is 5.10 Å². The number of fused-ring (bicyclic) bond motifs is 3. The molecule has 2 heterocycles. The average Bonchev–Trinajstić information content (AvgIpc) is 3.39. The number of aromatic nitrogens is 4. The Morgan fingerprint density at radius 3 is 2.02 bits per heavy atom. The van der Waals surface area contributed by atoms with E-state index in [-0.39, 0.29) is 36.3 Å². The van der Waals surface area contributed by atoms with Crippen molar-refractivity contribution >= 4 is 17.7 Å². The number of likely N-dealkylation sites (tertiary alicyclic amines) is 1. The van der Waals surface area contributed by atoms with Gasteiger partial charge in [0, 0.05) is 28.2 Å². The summed E-state index contributed by atoms with van der Waals surface area (Å²) in [6.45, 7) is 12.2. The molecule has 4 N–H and O–H groups in total. The molecule has 2 aliphatic carbocycles. The zero-order chi connectivity index (χ0) is 34.4. The Labute approximate surface area is 281 Å². The van der Waals surface area contributed by atoms with Gasteiger partial charge in [0.25, 0.3) is 11.8 Å². The van der Waals surface area contributed by atoms with Crippen molar-refractivity contribution in [3.63, 3.8) is 0 Å². The third-order valence-corrected chi connectivity index (χ3v) is 9.54. The normalized spacial score (nSPS) is 20.9. The molecule has 1 aromatic heterocycles. The van der Waals surface area contributed by atoms with Crippen LogP contribution in [0.5, 0.6) is 0 Å². The second kappa shape index (κ2) is 12.4. The van der Waals surface area contributed by atoms with Gasteiger partial charge in [-0.25, -0.2) is 5.10 Å². The maximum Gasteiger partial charge on any atom is 0.251 e. The lowest BCUT2D eigenvalue weighted by atomic mass is 9.69. The summed E-state index contributed by atoms with van der Waals surface area (Å²) in [5.74, 6) is 0.605. The van der Waals surface area contributed by atoms with E-state index in [4.69, 9.17) is 0 Å². The Morgan fingerprint density at radius 2 is 1.52 bits per heavy atom. The highest BCUT2D eigenvalue weighted by Gasteiger charge is 2.54. The maximum absolute atomic E-state index is 13.3. The zero-order valence-corrected chi connectivity index (χ0v) is 28.6. The van der Waals surface area contributed by atoms with Gasteiger partial charge in [-0.1, -0.05) is 12.1 Å². The Hall–Kier alpha value is -4.63. The number of carbonyl (C=O) groups is 3. The van der Waals surface area contributed by atoms with Crippen LogP contribution in [0.15, 0.2) is 36.4 Å². The molecule has 252 valence electrons. The smallest absolute Gasteiger partial charge is 0.251 e. The van der Waals surface area contributed by atoms with Gasteiger partial charge in [-0.2, -0.15) is 5.26 Å². The van der Waals surface area contributed by atoms with Crippen LogP contribution in [0.2, 0.25) is 0 Å². The Balaban J connectivity index is 1.38. The van der Waals surface area contributed by atoms with Crippen LogP contribution in [-0.2, 0) is 23.1 Å². The van der Waals surface area contributed by atoms with Crippen LogP contribution < -0.4 is 16.0 Å². The van der Waals surface area contributed by atoms with E-state index in [0.717, 1.165) is 35.1 Å². The van der Waals surface area contributed by atoms with Gasteiger partial charge >= 0.3 is 0 Å². The van der Waals surface area contributed by atoms with Gasteiger partial charge in [0.15, 0.2) is 5.82 Å². The number of nitrogens with zero attached hydrogens (tertiary/aromatic N) is 5. The summed E-state index contributed by atoms with van der Waals surface area (Å²) in [6, 6.07) is 13.7. The predicted molar refractivity (Wildman–Crippen MR) is 179 cm³/mol. The SMILES string of the molecule is CC(C)(C)NC(=O)c1ccc2c(c1)CCc1cc(C(=O)NC(C)(C)C)ccc1C2(CCNCC(=O)N1C(C#N)C[C@@H]2C[C@@H]21)c1nnn[nH]1. The molecule has 6 rings (SSSR count). The highest BCUT2D eigenvalue weighted by atomic mass is 16.2. The van der Waals surface area contributed by atoms with E-state index in [9.17, 15) is 19.6 Å². The molecular weight excluding hydrogens is 606 g/mol. The minimum absolute atomic E-state index is 0.0624. The monoisotopic (exact) mass is 651 g/mol. The molecule has 12 nitrogen and oxygen atoms in total. The highest BCUT2D eigenvalue weighted by Crippen LogP contribution is 2.48. The summed E-state index contributed by atoms with van der Waals surface area (Å²) in [6.07, 6.45) is 3.47. The molecule has 0 radical (unpaired) electrons. The molecule has 1 saturated carbocycles. The quantitative estimate of drug-likeness (QED) is 0.269. The fourth-order valence-corrected chi connectivity index (χ4v) is 7.43. The summed E-state index contributed by atoms with van der Waals surface area (Å²) >= 11 is 0. The number of tetrazole rings is 1. The second-order valence-corrected chi connectivity index (χ2v) is 15.5. The standard InChI is InChI=1S/C36H45N9O3/c1-34(2,3)39-31(47)23-9-11-27-21(15-23)7-8-22-16-24(32(48)40-35(4,5)6)10-12-28(22)36(27,33-41-43-44-42-33)13-14-38-20-30(46)45-26(19-37)17-25-18-29(25)45/h9-12,15-16,25-26,29,38H,7-8,13-14,17-18,20H2,1-6H3,(H,39,47)(H,40,48)(H,41,42,43,44)/t25-,26?,29+/m1/s1. The number of nitrogens with one attached hydrogen (secondary N) is 4. The van der Waals surface area contributed by atoms with Crippen molar-refractivity contribution in [2.45, 2.75) is 102 Å². The number of benzene rings is 2. The zero-order valence-electron chi connectivity index (χ0n) is 28.6. The molecule has 3 aromatic rings. The van der Waals surface area contributed by atoms with Crippen LogP contribution in [-0.4, -0.2) is 79.5 Å². The summed E-state index contributed by atoms with van der Waals surface area (Å²) in [7, 11) is 0. The minimum Gasteiger partial charge on any atom is -0.347 e. The molecule has 3 atom stereocenters. The molecule has 3 aliphatic rings. The number of H-pyrrole nitrogens is 1. The van der Waals surface area contributed by atoms with Gasteiger partial charge in [-0.3, -0.25) is 14.4 Å². The lowest BCUT2D eigenvalue weighted by Gasteiger charge is -2.35. The third kappa shape index (κ3) is 6.56. The fourth-order valence-electron chi connectivity index (χ4n) is 7.43. The van der Waals surface area contributed by atoms with E-state index in [1.165, 1.54) is 0 Å². The van der Waals surface area contributed by atoms with Crippen molar-refractivity contribution in [3.05, 3.63) is 75.6 Å². The first-order chi connectivity index (χ1) is 22.7. The summed E-state index contributed by atoms with van der Waals surface area (Å²) in [5.41, 5.74) is 3.31. The number of amides is 3. The molecule has 2 aromatic carbocycles. The molecule has 48 heavy (non-hydrogen) atoms. The molecule has 1 unspecified atom stereocenters. The number of piperidine rings is 1. The van der Waals surface area contributed by atoms with Gasteiger partial charge in [0.05, 0.1) is 18.0 Å². The summed E-state index contributed by atoms with van der Waals surface area (Å²) in [4.78, 5) is 41.6. The lowest BCUT2D eigenvalue weighted by molar-refractivity contribution is -0.131. The van der Waals surface area contributed by atoms with Crippen molar-refractivity contribution in [3.8, 4) is 6.07 Å². The first-order valence-electron chi connectivity index (χ1n) is 16.8. The second-order valence-electron chi connectivity index (χ2n) is 15.5. The van der Waals surface area contributed by atoms with E-state index < -0.39 is 16.5 Å². The van der Waals surface area contributed by atoms with Crippen LogP contribution in [0, 0.1) is 17.2 Å². The molecule has 0 spiro atoms.